The normalized spacial score (nSPS) is 12.8. The van der Waals surface area contributed by atoms with E-state index in [1.165, 1.54) is 9.13 Å². The van der Waals surface area contributed by atoms with Crippen molar-refractivity contribution in [2.24, 2.45) is 19.8 Å². The van der Waals surface area contributed by atoms with E-state index in [0.29, 0.717) is 0 Å². The Morgan fingerprint density at radius 3 is 2.67 bits per heavy atom. The Hall–Kier alpha value is -2.08. The van der Waals surface area contributed by atoms with Crippen LogP contribution in [0.25, 0.3) is 11.0 Å². The zero-order valence-electron chi connectivity index (χ0n) is 10.3. The van der Waals surface area contributed by atoms with Gasteiger partial charge < -0.3 is 10.8 Å². The molecular weight excluding hydrogens is 234 g/mol. The third-order valence-corrected chi connectivity index (χ3v) is 3.13. The number of para-hydroxylation sites is 1. The molecule has 96 valence electrons. The molecule has 1 aromatic carbocycles. The molecule has 0 bridgehead atoms. The van der Waals surface area contributed by atoms with Crippen LogP contribution >= 0.6 is 0 Å². The molecule has 0 saturated heterocycles. The molecule has 0 aliphatic rings. The molecule has 3 N–H and O–H groups in total. The Morgan fingerprint density at radius 1 is 1.39 bits per heavy atom. The smallest absolute Gasteiger partial charge is 0.328 e. The first-order valence-corrected chi connectivity index (χ1v) is 5.55. The minimum absolute atomic E-state index is 0.138. The summed E-state index contributed by atoms with van der Waals surface area (Å²) in [6, 6.07) is 4.45. The van der Waals surface area contributed by atoms with E-state index in [1.54, 1.807) is 26.2 Å². The van der Waals surface area contributed by atoms with Crippen LogP contribution in [-0.2, 0) is 25.3 Å². The standard InChI is InChI=1S/C12H15N3O3/c1-14-9-5-3-4-7(6-8(13)11(16)17)10(9)15(2)12(14)18/h3-5,8H,6,13H2,1-2H3,(H,16,17). The number of aryl methyl sites for hydroxylation is 2. The van der Waals surface area contributed by atoms with Gasteiger partial charge in [0.15, 0.2) is 0 Å². The fraction of sp³-hybridized carbons (Fsp3) is 0.333. The summed E-state index contributed by atoms with van der Waals surface area (Å²) < 4.78 is 3.05. The summed E-state index contributed by atoms with van der Waals surface area (Å²) >= 11 is 0. The van der Waals surface area contributed by atoms with Crippen LogP contribution in [0.2, 0.25) is 0 Å². The number of imidazole rings is 1. The van der Waals surface area contributed by atoms with Crippen molar-refractivity contribution in [1.29, 1.82) is 0 Å². The molecule has 0 saturated carbocycles. The molecule has 2 rings (SSSR count). The summed E-state index contributed by atoms with van der Waals surface area (Å²) in [5.41, 5.74) is 7.68. The first-order valence-electron chi connectivity index (χ1n) is 5.55. The predicted octanol–water partition coefficient (Wildman–Crippen LogP) is -0.169. The van der Waals surface area contributed by atoms with Gasteiger partial charge in [-0.3, -0.25) is 13.9 Å². The van der Waals surface area contributed by atoms with Crippen molar-refractivity contribution in [3.8, 4) is 0 Å². The lowest BCUT2D eigenvalue weighted by atomic mass is 10.0. The van der Waals surface area contributed by atoms with Gasteiger partial charge in [-0.1, -0.05) is 12.1 Å². The summed E-state index contributed by atoms with van der Waals surface area (Å²) in [5.74, 6) is -1.05. The number of rotatable bonds is 3. The summed E-state index contributed by atoms with van der Waals surface area (Å²) in [6.45, 7) is 0. The van der Waals surface area contributed by atoms with Crippen molar-refractivity contribution < 1.29 is 9.90 Å². The molecule has 1 unspecified atom stereocenters. The molecule has 1 atom stereocenters. The minimum Gasteiger partial charge on any atom is -0.480 e. The van der Waals surface area contributed by atoms with Crippen LogP contribution in [0.4, 0.5) is 0 Å². The largest absolute Gasteiger partial charge is 0.480 e. The Bertz CT molecular complexity index is 669. The number of nitrogens with zero attached hydrogens (tertiary/aromatic N) is 2. The summed E-state index contributed by atoms with van der Waals surface area (Å²) in [6.07, 6.45) is 0.198. The maximum absolute atomic E-state index is 11.8. The summed E-state index contributed by atoms with van der Waals surface area (Å²) in [5, 5.41) is 8.85. The topological polar surface area (TPSA) is 90.3 Å². The number of carboxylic acids is 1. The number of aromatic nitrogens is 2. The molecule has 0 amide bonds. The van der Waals surface area contributed by atoms with E-state index in [0.717, 1.165) is 16.6 Å². The zero-order chi connectivity index (χ0) is 13.4. The molecular formula is C12H15N3O3. The number of benzene rings is 1. The van der Waals surface area contributed by atoms with Crippen molar-refractivity contribution in [2.75, 3.05) is 0 Å². The quantitative estimate of drug-likeness (QED) is 0.790. The second-order valence-corrected chi connectivity index (χ2v) is 4.33. The van der Waals surface area contributed by atoms with Crippen molar-refractivity contribution in [3.05, 3.63) is 34.2 Å². The predicted molar refractivity (Wildman–Crippen MR) is 67.5 cm³/mol. The van der Waals surface area contributed by atoms with Gasteiger partial charge in [-0.2, -0.15) is 0 Å². The molecule has 0 aliphatic carbocycles. The van der Waals surface area contributed by atoms with Crippen molar-refractivity contribution >= 4 is 17.0 Å². The van der Waals surface area contributed by atoms with E-state index < -0.39 is 12.0 Å². The number of carboxylic acid groups (broad SMARTS) is 1. The number of hydrogen-bond acceptors (Lipinski definition) is 3. The van der Waals surface area contributed by atoms with Gasteiger partial charge in [-0.05, 0) is 11.6 Å². The molecule has 1 aromatic heterocycles. The zero-order valence-corrected chi connectivity index (χ0v) is 10.3. The van der Waals surface area contributed by atoms with Crippen LogP contribution in [-0.4, -0.2) is 26.3 Å². The van der Waals surface area contributed by atoms with Crippen LogP contribution in [0.5, 0.6) is 0 Å². The second-order valence-electron chi connectivity index (χ2n) is 4.33. The number of fused-ring (bicyclic) bond motifs is 1. The van der Waals surface area contributed by atoms with Gasteiger partial charge in [-0.25, -0.2) is 4.79 Å². The Kier molecular flexibility index (Phi) is 2.96. The Labute approximate surface area is 103 Å². The van der Waals surface area contributed by atoms with Gasteiger partial charge in [0.1, 0.15) is 6.04 Å². The van der Waals surface area contributed by atoms with Gasteiger partial charge >= 0.3 is 11.7 Å². The van der Waals surface area contributed by atoms with Gasteiger partial charge in [-0.15, -0.1) is 0 Å². The molecule has 0 spiro atoms. The maximum atomic E-state index is 11.8. The molecule has 6 nitrogen and oxygen atoms in total. The van der Waals surface area contributed by atoms with Crippen LogP contribution < -0.4 is 11.4 Å². The lowest BCUT2D eigenvalue weighted by Gasteiger charge is -2.08. The monoisotopic (exact) mass is 249 g/mol. The molecule has 6 heteroatoms. The second kappa shape index (κ2) is 4.30. The number of carbonyl (C=O) groups is 1. The summed E-state index contributed by atoms with van der Waals surface area (Å²) in [4.78, 5) is 22.6. The van der Waals surface area contributed by atoms with Crippen LogP contribution in [0.15, 0.2) is 23.0 Å². The van der Waals surface area contributed by atoms with Gasteiger partial charge in [0.05, 0.1) is 11.0 Å². The molecule has 0 aliphatic heterocycles. The lowest BCUT2D eigenvalue weighted by Crippen LogP contribution is -2.32. The van der Waals surface area contributed by atoms with Gasteiger partial charge in [0.25, 0.3) is 0 Å². The van der Waals surface area contributed by atoms with Crippen molar-refractivity contribution in [3.63, 3.8) is 0 Å². The fourth-order valence-electron chi connectivity index (χ4n) is 2.15. The first kappa shape index (κ1) is 12.4. The van der Waals surface area contributed by atoms with E-state index in [2.05, 4.69) is 0 Å². The highest BCUT2D eigenvalue weighted by molar-refractivity contribution is 5.81. The first-order chi connectivity index (χ1) is 8.43. The minimum atomic E-state index is -1.05. The third kappa shape index (κ3) is 1.80. The molecule has 1 heterocycles. The number of hydrogen-bond donors (Lipinski definition) is 2. The van der Waals surface area contributed by atoms with E-state index >= 15 is 0 Å². The highest BCUT2D eigenvalue weighted by Gasteiger charge is 2.17. The van der Waals surface area contributed by atoms with Crippen molar-refractivity contribution in [2.45, 2.75) is 12.5 Å². The number of nitrogens with two attached hydrogens (primary N) is 1. The average Bonchev–Trinajstić information content (AvgIpc) is 2.55. The van der Waals surface area contributed by atoms with E-state index in [-0.39, 0.29) is 12.1 Å². The van der Waals surface area contributed by atoms with E-state index in [9.17, 15) is 9.59 Å². The van der Waals surface area contributed by atoms with Gasteiger partial charge in [0, 0.05) is 20.5 Å². The SMILES string of the molecule is Cn1c(=O)n(C)c2c(CC(N)C(=O)O)cccc21. The molecule has 0 fully saturated rings. The number of aliphatic carboxylic acids is 1. The van der Waals surface area contributed by atoms with Crippen LogP contribution in [0, 0.1) is 0 Å². The molecule has 2 aromatic rings. The molecule has 18 heavy (non-hydrogen) atoms. The van der Waals surface area contributed by atoms with E-state index in [4.69, 9.17) is 10.8 Å². The van der Waals surface area contributed by atoms with E-state index in [1.807, 2.05) is 6.07 Å². The van der Waals surface area contributed by atoms with Crippen LogP contribution in [0.1, 0.15) is 5.56 Å². The highest BCUT2D eigenvalue weighted by Crippen LogP contribution is 2.18. The molecule has 0 radical (unpaired) electrons. The maximum Gasteiger partial charge on any atom is 0.328 e. The Balaban J connectivity index is 2.62. The third-order valence-electron chi connectivity index (χ3n) is 3.13. The van der Waals surface area contributed by atoms with Gasteiger partial charge in [0.2, 0.25) is 0 Å². The lowest BCUT2D eigenvalue weighted by molar-refractivity contribution is -0.138. The average molecular weight is 249 g/mol. The fourth-order valence-corrected chi connectivity index (χ4v) is 2.15. The highest BCUT2D eigenvalue weighted by atomic mass is 16.4. The van der Waals surface area contributed by atoms with Crippen LogP contribution in [0.3, 0.4) is 0 Å². The Morgan fingerprint density at radius 2 is 2.06 bits per heavy atom. The summed E-state index contributed by atoms with van der Waals surface area (Å²) in [7, 11) is 3.35. The van der Waals surface area contributed by atoms with Crippen molar-refractivity contribution in [1.82, 2.24) is 9.13 Å².